The third-order valence-electron chi connectivity index (χ3n) is 6.93. The normalized spacial score (nSPS) is 20.3. The molecule has 0 bridgehead atoms. The molecule has 0 aliphatic carbocycles. The van der Waals surface area contributed by atoms with Crippen molar-refractivity contribution in [3.8, 4) is 0 Å². The van der Waals surface area contributed by atoms with E-state index in [1.165, 1.54) is 21.1 Å². The van der Waals surface area contributed by atoms with Gasteiger partial charge in [0.25, 0.3) is 13.9 Å². The first-order chi connectivity index (χ1) is 17.7. The van der Waals surface area contributed by atoms with Crippen LogP contribution in [0.25, 0.3) is 0 Å². The summed E-state index contributed by atoms with van der Waals surface area (Å²) < 4.78 is 20.9. The number of hydrogen-bond acceptors (Lipinski definition) is 5. The van der Waals surface area contributed by atoms with Gasteiger partial charge in [0.1, 0.15) is 12.3 Å². The lowest BCUT2D eigenvalue weighted by molar-refractivity contribution is -0.0570. The summed E-state index contributed by atoms with van der Waals surface area (Å²) in [4.78, 5) is 26.8. The van der Waals surface area contributed by atoms with Gasteiger partial charge in [-0.15, -0.1) is 11.6 Å². The first-order valence-corrected chi connectivity index (χ1v) is 15.0. The van der Waals surface area contributed by atoms with Crippen LogP contribution in [0.1, 0.15) is 39.0 Å². The molecular formula is C28H35ClN2O5Si. The third kappa shape index (κ3) is 5.68. The average Bonchev–Trinajstić information content (AvgIpc) is 3.28. The zero-order chi connectivity index (χ0) is 26.6. The summed E-state index contributed by atoms with van der Waals surface area (Å²) >= 11 is 5.93. The Morgan fingerprint density at radius 1 is 1.05 bits per heavy atom. The number of aromatic nitrogens is 2. The van der Waals surface area contributed by atoms with Gasteiger partial charge in [-0.1, -0.05) is 81.4 Å². The van der Waals surface area contributed by atoms with Crippen LogP contribution in [0.3, 0.4) is 0 Å². The summed E-state index contributed by atoms with van der Waals surface area (Å²) in [6.45, 7) is 8.98. The van der Waals surface area contributed by atoms with Crippen LogP contribution in [-0.4, -0.2) is 49.2 Å². The van der Waals surface area contributed by atoms with Crippen molar-refractivity contribution in [3.05, 3.63) is 93.3 Å². The molecule has 3 atom stereocenters. The van der Waals surface area contributed by atoms with Gasteiger partial charge in [-0.3, -0.25) is 14.3 Å². The van der Waals surface area contributed by atoms with Crippen molar-refractivity contribution in [2.45, 2.75) is 57.6 Å². The van der Waals surface area contributed by atoms with Crippen molar-refractivity contribution in [3.63, 3.8) is 0 Å². The molecule has 3 aromatic rings. The molecule has 0 saturated carbocycles. The third-order valence-corrected chi connectivity index (χ3v) is 12.1. The molecule has 1 saturated heterocycles. The Hall–Kier alpha value is -2.49. The summed E-state index contributed by atoms with van der Waals surface area (Å²) in [6.07, 6.45) is 0.651. The fourth-order valence-electron chi connectivity index (χ4n) is 5.16. The van der Waals surface area contributed by atoms with Crippen molar-refractivity contribution in [1.82, 2.24) is 9.55 Å². The van der Waals surface area contributed by atoms with Crippen LogP contribution in [0.15, 0.2) is 76.4 Å². The minimum absolute atomic E-state index is 0.187. The van der Waals surface area contributed by atoms with Crippen LogP contribution < -0.4 is 21.6 Å². The molecule has 198 valence electrons. The maximum atomic E-state index is 12.6. The summed E-state index contributed by atoms with van der Waals surface area (Å²) in [5.41, 5.74) is -0.473. The summed E-state index contributed by atoms with van der Waals surface area (Å²) in [6, 6.07) is 20.8. The SMILES string of the molecule is Cc1cn([C@H]2CC(OCCCl)[C@@H](CO[Si](c3ccccc3)(c3ccccc3)C(C)(C)C)O2)c(=O)[nH]c1=O. The molecule has 1 fully saturated rings. The summed E-state index contributed by atoms with van der Waals surface area (Å²) in [5.74, 6) is 0.348. The van der Waals surface area contributed by atoms with Gasteiger partial charge in [-0.05, 0) is 22.3 Å². The molecule has 4 rings (SSSR count). The lowest BCUT2D eigenvalue weighted by Gasteiger charge is -2.43. The van der Waals surface area contributed by atoms with Crippen molar-refractivity contribution >= 4 is 30.3 Å². The van der Waals surface area contributed by atoms with E-state index in [2.05, 4.69) is 74.3 Å². The Kier molecular flexibility index (Phi) is 8.55. The maximum absolute atomic E-state index is 12.6. The van der Waals surface area contributed by atoms with Crippen LogP contribution in [0.2, 0.25) is 5.04 Å². The minimum Gasteiger partial charge on any atom is -0.405 e. The smallest absolute Gasteiger partial charge is 0.330 e. The highest BCUT2D eigenvalue weighted by Crippen LogP contribution is 2.38. The number of alkyl halides is 1. The van der Waals surface area contributed by atoms with Gasteiger partial charge in [0, 0.05) is 24.1 Å². The highest BCUT2D eigenvalue weighted by Gasteiger charge is 2.51. The van der Waals surface area contributed by atoms with Gasteiger partial charge in [-0.25, -0.2) is 4.79 Å². The lowest BCUT2D eigenvalue weighted by Crippen LogP contribution is -2.67. The van der Waals surface area contributed by atoms with E-state index in [-0.39, 0.29) is 17.7 Å². The van der Waals surface area contributed by atoms with Crippen LogP contribution in [0.5, 0.6) is 0 Å². The second kappa shape index (κ2) is 11.5. The van der Waals surface area contributed by atoms with Gasteiger partial charge >= 0.3 is 5.69 Å². The Bertz CT molecular complexity index is 1250. The fourth-order valence-corrected chi connectivity index (χ4v) is 9.82. The number of ether oxygens (including phenoxy) is 2. The quantitative estimate of drug-likeness (QED) is 0.331. The standard InChI is InChI=1S/C28H35ClN2O5Si/c1-20-18-31(27(33)30-26(20)32)25-17-23(34-16-15-29)24(36-25)19-35-37(28(2,3)4,21-11-7-5-8-12-21)22-13-9-6-10-14-22/h5-14,18,23-25H,15-17,19H2,1-4H3,(H,30,32,33)/t23?,24-,25-/m1/s1. The van der Waals surface area contributed by atoms with Crippen molar-refractivity contribution in [2.24, 2.45) is 0 Å². The molecule has 2 aromatic carbocycles. The van der Waals surface area contributed by atoms with Crippen LogP contribution in [0, 0.1) is 6.92 Å². The second-order valence-corrected chi connectivity index (χ2v) is 15.1. The Balaban J connectivity index is 1.69. The summed E-state index contributed by atoms with van der Waals surface area (Å²) in [5, 5.41) is 2.16. The van der Waals surface area contributed by atoms with E-state index in [9.17, 15) is 9.59 Å². The predicted octanol–water partition coefficient (Wildman–Crippen LogP) is 3.33. The highest BCUT2D eigenvalue weighted by atomic mass is 35.5. The minimum atomic E-state index is -2.78. The monoisotopic (exact) mass is 542 g/mol. The van der Waals surface area contributed by atoms with E-state index in [0.29, 0.717) is 24.5 Å². The van der Waals surface area contributed by atoms with Gasteiger partial charge in [0.2, 0.25) is 0 Å². The second-order valence-electron chi connectivity index (χ2n) is 10.4. The predicted molar refractivity (Wildman–Crippen MR) is 149 cm³/mol. The van der Waals surface area contributed by atoms with Gasteiger partial charge in [-0.2, -0.15) is 0 Å². The zero-order valence-electron chi connectivity index (χ0n) is 21.8. The lowest BCUT2D eigenvalue weighted by atomic mass is 10.2. The molecule has 9 heteroatoms. The molecule has 37 heavy (non-hydrogen) atoms. The number of rotatable bonds is 9. The van der Waals surface area contributed by atoms with Gasteiger partial charge < -0.3 is 13.9 Å². The topological polar surface area (TPSA) is 82.6 Å². The first-order valence-electron chi connectivity index (χ1n) is 12.6. The van der Waals surface area contributed by atoms with E-state index in [4.69, 9.17) is 25.5 Å². The van der Waals surface area contributed by atoms with Crippen molar-refractivity contribution in [2.75, 3.05) is 19.1 Å². The van der Waals surface area contributed by atoms with E-state index in [1.54, 1.807) is 6.92 Å². The molecule has 0 spiro atoms. The highest BCUT2D eigenvalue weighted by molar-refractivity contribution is 6.99. The molecule has 1 aromatic heterocycles. The number of nitrogens with one attached hydrogen (secondary N) is 1. The molecule has 0 radical (unpaired) electrons. The van der Waals surface area contributed by atoms with E-state index >= 15 is 0 Å². The van der Waals surface area contributed by atoms with Gasteiger partial charge in [0.15, 0.2) is 0 Å². The van der Waals surface area contributed by atoms with E-state index < -0.39 is 31.9 Å². The molecule has 1 N–H and O–H groups in total. The number of benzene rings is 2. The summed E-state index contributed by atoms with van der Waals surface area (Å²) in [7, 11) is -2.78. The number of nitrogens with zero attached hydrogens (tertiary/aromatic N) is 1. The largest absolute Gasteiger partial charge is 0.405 e. The van der Waals surface area contributed by atoms with Crippen molar-refractivity contribution in [1.29, 1.82) is 0 Å². The fraction of sp³-hybridized carbons (Fsp3) is 0.429. The van der Waals surface area contributed by atoms with Crippen LogP contribution in [-0.2, 0) is 13.9 Å². The molecule has 0 amide bonds. The van der Waals surface area contributed by atoms with Gasteiger partial charge in [0.05, 0.1) is 19.3 Å². The molecule has 1 aliphatic heterocycles. The molecule has 1 unspecified atom stereocenters. The Labute approximate surface area is 223 Å². The maximum Gasteiger partial charge on any atom is 0.330 e. The van der Waals surface area contributed by atoms with Crippen LogP contribution >= 0.6 is 11.6 Å². The zero-order valence-corrected chi connectivity index (χ0v) is 23.5. The number of hydrogen-bond donors (Lipinski definition) is 1. The number of H-pyrrole nitrogens is 1. The molecular weight excluding hydrogens is 508 g/mol. The average molecular weight is 543 g/mol. The first kappa shape index (κ1) is 27.5. The molecule has 2 heterocycles. The molecule has 1 aliphatic rings. The molecule has 7 nitrogen and oxygen atoms in total. The van der Waals surface area contributed by atoms with Crippen LogP contribution in [0.4, 0.5) is 0 Å². The number of aromatic amines is 1. The Morgan fingerprint density at radius 3 is 2.19 bits per heavy atom. The number of aryl methyl sites for hydroxylation is 1. The van der Waals surface area contributed by atoms with E-state index in [1.807, 2.05) is 12.1 Å². The Morgan fingerprint density at radius 2 is 1.65 bits per heavy atom. The van der Waals surface area contributed by atoms with E-state index in [0.717, 1.165) is 0 Å². The number of halogens is 1. The van der Waals surface area contributed by atoms with Crippen molar-refractivity contribution < 1.29 is 13.9 Å².